The molecular formula is C24H29ClN2O3. The molecular weight excluding hydrogens is 400 g/mol. The van der Waals surface area contributed by atoms with Crippen LogP contribution in [0.1, 0.15) is 65.7 Å². The molecule has 0 radical (unpaired) electrons. The molecule has 1 aliphatic heterocycles. The smallest absolute Gasteiger partial charge is 0.337 e. The van der Waals surface area contributed by atoms with Gasteiger partial charge in [-0.05, 0) is 80.8 Å². The quantitative estimate of drug-likeness (QED) is 0.613. The van der Waals surface area contributed by atoms with Crippen LogP contribution in [0.4, 0.5) is 0 Å². The fourth-order valence-corrected chi connectivity index (χ4v) is 4.66. The molecule has 1 saturated carbocycles. The normalized spacial score (nSPS) is 19.2. The number of halogens is 1. The van der Waals surface area contributed by atoms with Crippen LogP contribution in [0.15, 0.2) is 35.1 Å². The van der Waals surface area contributed by atoms with Crippen LogP contribution in [-0.2, 0) is 24.2 Å². The minimum Gasteiger partial charge on any atom is -0.465 e. The summed E-state index contributed by atoms with van der Waals surface area (Å²) < 4.78 is 6.66. The summed E-state index contributed by atoms with van der Waals surface area (Å²) in [6.07, 6.45) is 5.47. The number of nitrogens with zero attached hydrogens (tertiary/aromatic N) is 2. The molecule has 2 fully saturated rings. The minimum atomic E-state index is -0.344. The highest BCUT2D eigenvalue weighted by Crippen LogP contribution is 2.42. The van der Waals surface area contributed by atoms with Crippen LogP contribution < -0.4 is 5.56 Å². The van der Waals surface area contributed by atoms with Gasteiger partial charge in [0.2, 0.25) is 0 Å². The van der Waals surface area contributed by atoms with Gasteiger partial charge in [-0.2, -0.15) is 0 Å². The van der Waals surface area contributed by atoms with Crippen molar-refractivity contribution in [3.05, 3.63) is 68.1 Å². The van der Waals surface area contributed by atoms with Crippen molar-refractivity contribution in [2.45, 2.75) is 64.1 Å². The fraction of sp³-hybridized carbons (Fsp3) is 0.500. The molecule has 2 aliphatic rings. The molecule has 0 bridgehead atoms. The number of rotatable bonds is 7. The first-order valence-corrected chi connectivity index (χ1v) is 11.2. The van der Waals surface area contributed by atoms with Gasteiger partial charge in [0.15, 0.2) is 0 Å². The van der Waals surface area contributed by atoms with Crippen molar-refractivity contribution < 1.29 is 9.53 Å². The summed E-state index contributed by atoms with van der Waals surface area (Å²) >= 11 is 6.36. The lowest BCUT2D eigenvalue weighted by atomic mass is 10.1. The predicted octanol–water partition coefficient (Wildman–Crippen LogP) is 4.39. The summed E-state index contributed by atoms with van der Waals surface area (Å²) in [6, 6.07) is 9.84. The van der Waals surface area contributed by atoms with Crippen molar-refractivity contribution in [3.8, 4) is 0 Å². The highest BCUT2D eigenvalue weighted by atomic mass is 35.5. The fourth-order valence-electron chi connectivity index (χ4n) is 4.44. The molecule has 1 atom stereocenters. The monoisotopic (exact) mass is 428 g/mol. The van der Waals surface area contributed by atoms with Crippen molar-refractivity contribution in [1.29, 1.82) is 0 Å². The molecule has 1 unspecified atom stereocenters. The number of pyridine rings is 1. The zero-order valence-electron chi connectivity index (χ0n) is 17.7. The van der Waals surface area contributed by atoms with Gasteiger partial charge in [-0.1, -0.05) is 23.7 Å². The van der Waals surface area contributed by atoms with Crippen molar-refractivity contribution in [3.63, 3.8) is 0 Å². The largest absolute Gasteiger partial charge is 0.465 e. The van der Waals surface area contributed by atoms with Crippen LogP contribution in [0.2, 0.25) is 5.02 Å². The number of aromatic nitrogens is 1. The van der Waals surface area contributed by atoms with Crippen molar-refractivity contribution in [2.75, 3.05) is 13.7 Å². The van der Waals surface area contributed by atoms with Crippen LogP contribution in [0.3, 0.4) is 0 Å². The summed E-state index contributed by atoms with van der Waals surface area (Å²) in [4.78, 5) is 27.1. The van der Waals surface area contributed by atoms with E-state index in [0.717, 1.165) is 24.3 Å². The highest BCUT2D eigenvalue weighted by Gasteiger charge is 2.31. The van der Waals surface area contributed by atoms with E-state index in [2.05, 4.69) is 11.8 Å². The first kappa shape index (κ1) is 21.1. The van der Waals surface area contributed by atoms with Gasteiger partial charge in [0.1, 0.15) is 5.02 Å². The maximum Gasteiger partial charge on any atom is 0.337 e. The average Bonchev–Trinajstić information content (AvgIpc) is 3.52. The van der Waals surface area contributed by atoms with E-state index in [9.17, 15) is 9.59 Å². The van der Waals surface area contributed by atoms with Crippen LogP contribution in [0, 0.1) is 0 Å². The lowest BCUT2D eigenvalue weighted by Crippen LogP contribution is -2.33. The van der Waals surface area contributed by atoms with E-state index >= 15 is 0 Å². The first-order chi connectivity index (χ1) is 14.5. The van der Waals surface area contributed by atoms with Crippen LogP contribution in [0.25, 0.3) is 0 Å². The number of hydrogen-bond acceptors (Lipinski definition) is 4. The molecule has 6 heteroatoms. The molecule has 2 aromatic rings. The van der Waals surface area contributed by atoms with Crippen molar-refractivity contribution in [2.24, 2.45) is 0 Å². The molecule has 4 rings (SSSR count). The summed E-state index contributed by atoms with van der Waals surface area (Å²) in [5.74, 6) is 0.185. The van der Waals surface area contributed by atoms with Crippen LogP contribution in [0.5, 0.6) is 0 Å². The third kappa shape index (κ3) is 4.47. The first-order valence-electron chi connectivity index (χ1n) is 10.8. The predicted molar refractivity (Wildman–Crippen MR) is 118 cm³/mol. The minimum absolute atomic E-state index is 0.103. The number of ether oxygens (including phenoxy) is 1. The van der Waals surface area contributed by atoms with Crippen LogP contribution in [-0.4, -0.2) is 35.1 Å². The zero-order valence-corrected chi connectivity index (χ0v) is 18.5. The Morgan fingerprint density at radius 1 is 1.20 bits per heavy atom. The number of hydrogen-bond donors (Lipinski definition) is 0. The van der Waals surface area contributed by atoms with E-state index in [1.165, 1.54) is 38.4 Å². The van der Waals surface area contributed by atoms with Gasteiger partial charge in [-0.3, -0.25) is 9.69 Å². The van der Waals surface area contributed by atoms with E-state index in [-0.39, 0.29) is 11.5 Å². The molecule has 5 nitrogen and oxygen atoms in total. The molecule has 2 heterocycles. The third-order valence-corrected chi connectivity index (χ3v) is 6.72. The summed E-state index contributed by atoms with van der Waals surface area (Å²) in [6.45, 7) is 4.73. The van der Waals surface area contributed by atoms with E-state index in [1.807, 2.05) is 22.8 Å². The number of esters is 1. The maximum absolute atomic E-state index is 13.0. The lowest BCUT2D eigenvalue weighted by molar-refractivity contribution is 0.0600. The van der Waals surface area contributed by atoms with E-state index in [0.29, 0.717) is 35.5 Å². The second kappa shape index (κ2) is 8.94. The van der Waals surface area contributed by atoms with Gasteiger partial charge in [-0.15, -0.1) is 0 Å². The second-order valence-corrected chi connectivity index (χ2v) is 8.93. The van der Waals surface area contributed by atoms with Gasteiger partial charge in [-0.25, -0.2) is 4.79 Å². The van der Waals surface area contributed by atoms with Gasteiger partial charge in [0.05, 0.1) is 12.7 Å². The topological polar surface area (TPSA) is 51.5 Å². The molecule has 1 aromatic carbocycles. The highest BCUT2D eigenvalue weighted by molar-refractivity contribution is 6.30. The van der Waals surface area contributed by atoms with E-state index < -0.39 is 0 Å². The number of carbonyl (C=O) groups is 1. The molecule has 0 amide bonds. The van der Waals surface area contributed by atoms with Crippen LogP contribution >= 0.6 is 11.6 Å². The number of benzene rings is 1. The molecule has 30 heavy (non-hydrogen) atoms. The van der Waals surface area contributed by atoms with E-state index in [1.54, 1.807) is 12.1 Å². The number of likely N-dealkylation sites (tertiary alicyclic amines) is 1. The molecule has 1 saturated heterocycles. The van der Waals surface area contributed by atoms with Gasteiger partial charge in [0.25, 0.3) is 5.56 Å². The molecule has 0 spiro atoms. The summed E-state index contributed by atoms with van der Waals surface area (Å²) in [5, 5.41) is 0.316. The van der Waals surface area contributed by atoms with Crippen molar-refractivity contribution >= 4 is 17.6 Å². The lowest BCUT2D eigenvalue weighted by Gasteiger charge is -2.25. The van der Waals surface area contributed by atoms with Crippen molar-refractivity contribution in [1.82, 2.24) is 9.47 Å². The summed E-state index contributed by atoms with van der Waals surface area (Å²) in [5.41, 5.74) is 3.88. The van der Waals surface area contributed by atoms with Gasteiger partial charge < -0.3 is 9.30 Å². The Labute approximate surface area is 182 Å². The van der Waals surface area contributed by atoms with E-state index in [4.69, 9.17) is 16.3 Å². The average molecular weight is 429 g/mol. The Morgan fingerprint density at radius 2 is 1.93 bits per heavy atom. The Kier molecular flexibility index (Phi) is 6.30. The maximum atomic E-state index is 13.0. The molecule has 1 aromatic heterocycles. The standard InChI is InChI=1S/C24H29ClN2O3/c1-16-4-3-12-26(16)15-22-20(18-9-10-18)14-21(25)23(28)27(22)13-11-17-5-7-19(8-6-17)24(29)30-2/h5-8,14,16,18H,3-4,9-13,15H2,1-2H3. The summed E-state index contributed by atoms with van der Waals surface area (Å²) in [7, 11) is 1.38. The zero-order chi connectivity index (χ0) is 21.3. The number of methoxy groups -OCH3 is 1. The number of carbonyl (C=O) groups excluding carboxylic acids is 1. The Bertz CT molecular complexity index is 979. The molecule has 1 aliphatic carbocycles. The number of aryl methyl sites for hydroxylation is 1. The Hall–Kier alpha value is -2.11. The third-order valence-electron chi connectivity index (χ3n) is 6.45. The SMILES string of the molecule is COC(=O)c1ccc(CCn2c(CN3CCCC3C)c(C3CC3)cc(Cl)c2=O)cc1. The second-order valence-electron chi connectivity index (χ2n) is 8.53. The van der Waals surface area contributed by atoms with Gasteiger partial charge in [0, 0.05) is 24.8 Å². The molecule has 160 valence electrons. The Balaban J connectivity index is 1.61. The van der Waals surface area contributed by atoms with Gasteiger partial charge >= 0.3 is 5.97 Å². The molecule has 0 N–H and O–H groups in total. The Morgan fingerprint density at radius 3 is 2.53 bits per heavy atom.